The van der Waals surface area contributed by atoms with E-state index < -0.39 is 4.92 Å². The van der Waals surface area contributed by atoms with Crippen LogP contribution in [0.15, 0.2) is 42.5 Å². The third-order valence-electron chi connectivity index (χ3n) is 7.00. The van der Waals surface area contributed by atoms with Crippen LogP contribution in [0, 0.1) is 23.0 Å². The zero-order valence-corrected chi connectivity index (χ0v) is 20.5. The molecule has 2 saturated heterocycles. The number of aryl methyl sites for hydroxylation is 1. The molecule has 4 rings (SSSR count). The van der Waals surface area contributed by atoms with Crippen LogP contribution in [0.1, 0.15) is 24.0 Å². The lowest BCUT2D eigenvalue weighted by Gasteiger charge is -2.39. The van der Waals surface area contributed by atoms with Crippen LogP contribution in [0.3, 0.4) is 0 Å². The summed E-state index contributed by atoms with van der Waals surface area (Å²) in [5.74, 6) is 0.869. The Kier molecular flexibility index (Phi) is 8.07. The number of nitro groups is 1. The molecule has 2 aromatic rings. The van der Waals surface area contributed by atoms with Crippen molar-refractivity contribution in [1.82, 2.24) is 9.80 Å². The van der Waals surface area contributed by atoms with Gasteiger partial charge in [0.15, 0.2) is 5.75 Å². The van der Waals surface area contributed by atoms with E-state index in [0.717, 1.165) is 75.5 Å². The third-order valence-corrected chi connectivity index (χ3v) is 7.00. The van der Waals surface area contributed by atoms with Crippen LogP contribution in [0.4, 0.5) is 16.2 Å². The maximum Gasteiger partial charge on any atom is 0.410 e. The molecule has 0 aromatic heterocycles. The summed E-state index contributed by atoms with van der Waals surface area (Å²) < 4.78 is 10.7. The highest BCUT2D eigenvalue weighted by molar-refractivity contribution is 5.67. The lowest BCUT2D eigenvalue weighted by Crippen LogP contribution is -2.49. The summed E-state index contributed by atoms with van der Waals surface area (Å²) in [6.45, 7) is 8.34. The van der Waals surface area contributed by atoms with E-state index in [1.165, 1.54) is 7.11 Å². The van der Waals surface area contributed by atoms with Crippen LogP contribution in [0.2, 0.25) is 0 Å². The summed E-state index contributed by atoms with van der Waals surface area (Å²) in [5, 5.41) is 11.3. The second-order valence-corrected chi connectivity index (χ2v) is 9.33. The summed E-state index contributed by atoms with van der Waals surface area (Å²) in [6, 6.07) is 13.1. The average molecular weight is 483 g/mol. The Balaban J connectivity index is 1.22. The Labute approximate surface area is 206 Å². The number of benzene rings is 2. The molecule has 0 bridgehead atoms. The normalized spacial score (nSPS) is 17.3. The van der Waals surface area contributed by atoms with E-state index in [4.69, 9.17) is 9.47 Å². The molecule has 2 heterocycles. The van der Waals surface area contributed by atoms with Crippen molar-refractivity contribution in [2.45, 2.75) is 26.4 Å². The van der Waals surface area contributed by atoms with Gasteiger partial charge in [0.2, 0.25) is 0 Å². The Morgan fingerprint density at radius 1 is 1.06 bits per heavy atom. The fourth-order valence-corrected chi connectivity index (χ4v) is 4.95. The minimum Gasteiger partial charge on any atom is -0.490 e. The zero-order chi connectivity index (χ0) is 24.8. The Morgan fingerprint density at radius 3 is 2.37 bits per heavy atom. The largest absolute Gasteiger partial charge is 0.490 e. The molecule has 2 aliphatic rings. The van der Waals surface area contributed by atoms with Gasteiger partial charge in [-0.25, -0.2) is 4.79 Å². The van der Waals surface area contributed by atoms with E-state index in [1.54, 1.807) is 12.1 Å². The maximum atomic E-state index is 12.4. The number of amides is 1. The first kappa shape index (κ1) is 24.8. The van der Waals surface area contributed by atoms with Crippen molar-refractivity contribution >= 4 is 17.5 Å². The molecule has 0 saturated carbocycles. The predicted octanol–water partition coefficient (Wildman–Crippen LogP) is 4.08. The maximum absolute atomic E-state index is 12.4. The number of carbonyl (C=O) groups is 1. The Hall–Kier alpha value is -3.33. The van der Waals surface area contributed by atoms with Crippen molar-refractivity contribution in [2.75, 3.05) is 57.8 Å². The number of piperazine rings is 1. The van der Waals surface area contributed by atoms with Gasteiger partial charge < -0.3 is 19.3 Å². The average Bonchev–Trinajstić information content (AvgIpc) is 2.88. The topological polar surface area (TPSA) is 88.4 Å². The highest BCUT2D eigenvalue weighted by atomic mass is 16.6. The van der Waals surface area contributed by atoms with Crippen molar-refractivity contribution in [2.24, 2.45) is 5.92 Å². The molecule has 2 aromatic carbocycles. The fourth-order valence-electron chi connectivity index (χ4n) is 4.95. The van der Waals surface area contributed by atoms with Gasteiger partial charge >= 0.3 is 11.8 Å². The highest BCUT2D eigenvalue weighted by Gasteiger charge is 2.28. The van der Waals surface area contributed by atoms with E-state index >= 15 is 0 Å². The van der Waals surface area contributed by atoms with E-state index in [1.807, 2.05) is 42.2 Å². The minimum absolute atomic E-state index is 0.00248. The monoisotopic (exact) mass is 482 g/mol. The number of anilines is 1. The molecule has 0 N–H and O–H groups in total. The van der Waals surface area contributed by atoms with E-state index in [9.17, 15) is 14.9 Å². The number of methoxy groups -OCH3 is 1. The molecule has 35 heavy (non-hydrogen) atoms. The van der Waals surface area contributed by atoms with Crippen LogP contribution in [-0.2, 0) is 11.3 Å². The molecule has 9 nitrogen and oxygen atoms in total. The van der Waals surface area contributed by atoms with Crippen LogP contribution in [0.5, 0.6) is 5.75 Å². The second kappa shape index (κ2) is 11.4. The van der Waals surface area contributed by atoms with Gasteiger partial charge in [-0.05, 0) is 36.8 Å². The van der Waals surface area contributed by atoms with E-state index in [2.05, 4.69) is 9.80 Å². The number of rotatable bonds is 7. The molecule has 0 atom stereocenters. The Morgan fingerprint density at radius 2 is 1.74 bits per heavy atom. The summed E-state index contributed by atoms with van der Waals surface area (Å²) in [6.07, 6.45) is 1.74. The number of likely N-dealkylation sites (tertiary alicyclic amines) is 1. The summed E-state index contributed by atoms with van der Waals surface area (Å²) in [4.78, 5) is 29.9. The van der Waals surface area contributed by atoms with Crippen LogP contribution in [0.25, 0.3) is 0 Å². The standard InChI is InChI=1S/C26H34N4O5/c1-20-16-24(30(32)33)25(34-2)17-23(20)28-14-12-27(13-15-28)18-21-8-10-29(11-9-21)26(31)35-19-22-6-4-3-5-7-22/h3-7,16-17,21H,8-15,18-19H2,1-2H3. The summed E-state index contributed by atoms with van der Waals surface area (Å²) in [7, 11) is 1.47. The van der Waals surface area contributed by atoms with Gasteiger partial charge in [-0.1, -0.05) is 30.3 Å². The van der Waals surface area contributed by atoms with Crippen LogP contribution >= 0.6 is 0 Å². The van der Waals surface area contributed by atoms with Gasteiger partial charge in [0.25, 0.3) is 0 Å². The van der Waals surface area contributed by atoms with Crippen LogP contribution in [-0.4, -0.2) is 73.7 Å². The first-order chi connectivity index (χ1) is 16.9. The molecule has 1 amide bonds. The molecule has 2 fully saturated rings. The molecular weight excluding hydrogens is 448 g/mol. The SMILES string of the molecule is COc1cc(N2CCN(CC3CCN(C(=O)OCc4ccccc4)CC3)CC2)c(C)cc1[N+](=O)[O-]. The van der Waals surface area contributed by atoms with Crippen LogP contribution < -0.4 is 9.64 Å². The van der Waals surface area contributed by atoms with E-state index in [0.29, 0.717) is 18.3 Å². The van der Waals surface area contributed by atoms with Gasteiger partial charge in [0.05, 0.1) is 12.0 Å². The van der Waals surface area contributed by atoms with Gasteiger partial charge in [-0.2, -0.15) is 0 Å². The van der Waals surface area contributed by atoms with Crippen molar-refractivity contribution < 1.29 is 19.2 Å². The fraction of sp³-hybridized carbons (Fsp3) is 0.500. The summed E-state index contributed by atoms with van der Waals surface area (Å²) in [5.41, 5.74) is 2.88. The molecule has 0 aliphatic carbocycles. The molecule has 188 valence electrons. The zero-order valence-electron chi connectivity index (χ0n) is 20.5. The van der Waals surface area contributed by atoms with Crippen molar-refractivity contribution in [3.8, 4) is 5.75 Å². The van der Waals surface area contributed by atoms with Gasteiger partial charge in [0, 0.05) is 63.6 Å². The molecular formula is C26H34N4O5. The predicted molar refractivity (Wildman–Crippen MR) is 134 cm³/mol. The van der Waals surface area contributed by atoms with Crippen molar-refractivity contribution in [3.63, 3.8) is 0 Å². The number of carbonyl (C=O) groups excluding carboxylic acids is 1. The lowest BCUT2D eigenvalue weighted by molar-refractivity contribution is -0.385. The molecule has 0 spiro atoms. The van der Waals surface area contributed by atoms with Gasteiger partial charge in [0.1, 0.15) is 6.61 Å². The number of nitro benzene ring substituents is 1. The molecule has 9 heteroatoms. The number of hydrogen-bond acceptors (Lipinski definition) is 7. The first-order valence-electron chi connectivity index (χ1n) is 12.2. The first-order valence-corrected chi connectivity index (χ1v) is 12.2. The van der Waals surface area contributed by atoms with Gasteiger partial charge in [-0.15, -0.1) is 0 Å². The Bertz CT molecular complexity index is 1020. The molecule has 0 radical (unpaired) electrons. The second-order valence-electron chi connectivity index (χ2n) is 9.33. The quantitative estimate of drug-likeness (QED) is 0.434. The smallest absolute Gasteiger partial charge is 0.410 e. The summed E-state index contributed by atoms with van der Waals surface area (Å²) >= 11 is 0. The number of piperidine rings is 1. The molecule has 2 aliphatic heterocycles. The van der Waals surface area contributed by atoms with Crippen molar-refractivity contribution in [3.05, 3.63) is 63.7 Å². The van der Waals surface area contributed by atoms with Crippen molar-refractivity contribution in [1.29, 1.82) is 0 Å². The van der Waals surface area contributed by atoms with Gasteiger partial charge in [-0.3, -0.25) is 15.0 Å². The lowest BCUT2D eigenvalue weighted by atomic mass is 9.96. The molecule has 0 unspecified atom stereocenters. The highest BCUT2D eigenvalue weighted by Crippen LogP contribution is 2.35. The third kappa shape index (κ3) is 6.22. The minimum atomic E-state index is -0.401. The van der Waals surface area contributed by atoms with E-state index in [-0.39, 0.29) is 11.8 Å². The number of ether oxygens (including phenoxy) is 2. The number of nitrogens with zero attached hydrogens (tertiary/aromatic N) is 4. The number of hydrogen-bond donors (Lipinski definition) is 0.